The third-order valence-corrected chi connectivity index (χ3v) is 6.84. The molecular formula is C27H21IN2O4S. The molecule has 0 radical (unpaired) electrons. The summed E-state index contributed by atoms with van der Waals surface area (Å²) in [4.78, 5) is 27.0. The monoisotopic (exact) mass is 596 g/mol. The van der Waals surface area contributed by atoms with Gasteiger partial charge in [0.1, 0.15) is 6.61 Å². The second-order valence-electron chi connectivity index (χ2n) is 7.59. The van der Waals surface area contributed by atoms with E-state index < -0.39 is 0 Å². The zero-order valence-corrected chi connectivity index (χ0v) is 21.8. The van der Waals surface area contributed by atoms with E-state index in [9.17, 15) is 14.9 Å². The molecule has 0 aromatic heterocycles. The smallest absolute Gasteiger partial charge is 0.293 e. The fourth-order valence-electron chi connectivity index (χ4n) is 3.47. The van der Waals surface area contributed by atoms with Crippen LogP contribution in [0.25, 0.3) is 6.08 Å². The van der Waals surface area contributed by atoms with Crippen molar-refractivity contribution in [1.82, 2.24) is 4.90 Å². The van der Waals surface area contributed by atoms with Crippen LogP contribution in [-0.2, 0) is 17.9 Å². The van der Waals surface area contributed by atoms with E-state index in [-0.39, 0.29) is 17.7 Å². The molecule has 1 aliphatic heterocycles. The van der Waals surface area contributed by atoms with Gasteiger partial charge in [0, 0.05) is 3.57 Å². The van der Waals surface area contributed by atoms with E-state index in [0.717, 1.165) is 31.4 Å². The van der Waals surface area contributed by atoms with Gasteiger partial charge in [-0.05, 0) is 94.4 Å². The molecular weight excluding hydrogens is 575 g/mol. The third kappa shape index (κ3) is 6.05. The lowest BCUT2D eigenvalue weighted by atomic mass is 10.1. The first-order valence-corrected chi connectivity index (χ1v) is 12.8. The van der Waals surface area contributed by atoms with Crippen LogP contribution in [0, 0.1) is 14.9 Å². The number of rotatable bonds is 8. The lowest BCUT2D eigenvalue weighted by Crippen LogP contribution is -2.27. The SMILES string of the molecule is CCOc1cc(/C=C2/SC(=O)N(Cc3ccccc3C#N)C2=O)ccc1OCc1ccc(I)cc1. The number of hydrogen-bond donors (Lipinski definition) is 0. The Bertz CT molecular complexity index is 1330. The van der Waals surface area contributed by atoms with Gasteiger partial charge in [0.25, 0.3) is 11.1 Å². The maximum absolute atomic E-state index is 13.0. The van der Waals surface area contributed by atoms with Gasteiger partial charge in [0.05, 0.1) is 29.7 Å². The molecule has 1 aliphatic rings. The molecule has 8 heteroatoms. The zero-order chi connectivity index (χ0) is 24.8. The highest BCUT2D eigenvalue weighted by Gasteiger charge is 2.35. The van der Waals surface area contributed by atoms with Crippen molar-refractivity contribution in [2.75, 3.05) is 6.61 Å². The number of carbonyl (C=O) groups excluding carboxylic acids is 2. The van der Waals surface area contributed by atoms with E-state index in [1.807, 2.05) is 37.3 Å². The first-order valence-electron chi connectivity index (χ1n) is 10.9. The van der Waals surface area contributed by atoms with Gasteiger partial charge < -0.3 is 9.47 Å². The van der Waals surface area contributed by atoms with Crippen LogP contribution in [-0.4, -0.2) is 22.7 Å². The number of halogens is 1. The molecule has 3 aromatic rings. The summed E-state index contributed by atoms with van der Waals surface area (Å²) in [5.41, 5.74) is 2.84. The topological polar surface area (TPSA) is 79.6 Å². The summed E-state index contributed by atoms with van der Waals surface area (Å²) in [5.74, 6) is 0.780. The van der Waals surface area contributed by atoms with Crippen molar-refractivity contribution >= 4 is 51.6 Å². The average molecular weight is 596 g/mol. The molecule has 1 fully saturated rings. The summed E-state index contributed by atoms with van der Waals surface area (Å²) >= 11 is 3.14. The first-order chi connectivity index (χ1) is 17.0. The standard InChI is InChI=1S/C27H21IN2O4S/c1-2-33-24-13-19(9-12-23(24)34-17-18-7-10-22(28)11-8-18)14-25-26(31)30(27(32)35-25)16-21-6-4-3-5-20(21)15-29/h3-14H,2,16-17H2,1H3/b25-14+. The van der Waals surface area contributed by atoms with Gasteiger partial charge in [0.2, 0.25) is 0 Å². The van der Waals surface area contributed by atoms with Crippen LogP contribution < -0.4 is 9.47 Å². The molecule has 6 nitrogen and oxygen atoms in total. The lowest BCUT2D eigenvalue weighted by Gasteiger charge is -2.14. The molecule has 0 unspecified atom stereocenters. The molecule has 0 spiro atoms. The highest BCUT2D eigenvalue weighted by Crippen LogP contribution is 2.36. The summed E-state index contributed by atoms with van der Waals surface area (Å²) in [7, 11) is 0. The van der Waals surface area contributed by atoms with Crippen molar-refractivity contribution in [2.45, 2.75) is 20.1 Å². The molecule has 0 N–H and O–H groups in total. The molecule has 4 rings (SSSR count). The number of thioether (sulfide) groups is 1. The Hall–Kier alpha value is -3.29. The molecule has 35 heavy (non-hydrogen) atoms. The summed E-state index contributed by atoms with van der Waals surface area (Å²) < 4.78 is 12.9. The summed E-state index contributed by atoms with van der Waals surface area (Å²) in [6, 6.07) is 22.5. The molecule has 0 aliphatic carbocycles. The minimum absolute atomic E-state index is 0.0568. The number of carbonyl (C=O) groups is 2. The van der Waals surface area contributed by atoms with E-state index in [0.29, 0.717) is 40.7 Å². The summed E-state index contributed by atoms with van der Waals surface area (Å²) in [6.07, 6.45) is 1.67. The lowest BCUT2D eigenvalue weighted by molar-refractivity contribution is -0.123. The number of hydrogen-bond acceptors (Lipinski definition) is 6. The molecule has 0 atom stereocenters. The van der Waals surface area contributed by atoms with Gasteiger partial charge in [-0.3, -0.25) is 14.5 Å². The van der Waals surface area contributed by atoms with Gasteiger partial charge >= 0.3 is 0 Å². The Morgan fingerprint density at radius 3 is 2.54 bits per heavy atom. The van der Waals surface area contributed by atoms with E-state index in [2.05, 4.69) is 28.7 Å². The van der Waals surface area contributed by atoms with Crippen LogP contribution in [0.1, 0.15) is 29.2 Å². The van der Waals surface area contributed by atoms with Crippen molar-refractivity contribution in [3.05, 3.63) is 97.5 Å². The molecule has 3 aromatic carbocycles. The minimum Gasteiger partial charge on any atom is -0.490 e. The van der Waals surface area contributed by atoms with E-state index in [4.69, 9.17) is 9.47 Å². The Morgan fingerprint density at radius 2 is 1.80 bits per heavy atom. The summed E-state index contributed by atoms with van der Waals surface area (Å²) in [6.45, 7) is 2.80. The van der Waals surface area contributed by atoms with Crippen molar-refractivity contribution in [3.8, 4) is 17.6 Å². The molecule has 1 heterocycles. The van der Waals surface area contributed by atoms with Crippen molar-refractivity contribution in [1.29, 1.82) is 5.26 Å². The molecule has 176 valence electrons. The normalized spacial score (nSPS) is 14.3. The number of imide groups is 1. The van der Waals surface area contributed by atoms with E-state index in [1.54, 1.807) is 42.5 Å². The zero-order valence-electron chi connectivity index (χ0n) is 18.9. The second-order valence-corrected chi connectivity index (χ2v) is 9.83. The average Bonchev–Trinajstić information content (AvgIpc) is 3.12. The highest BCUT2D eigenvalue weighted by molar-refractivity contribution is 14.1. The number of nitrogens with zero attached hydrogens (tertiary/aromatic N) is 2. The van der Waals surface area contributed by atoms with Crippen molar-refractivity contribution in [3.63, 3.8) is 0 Å². The fourth-order valence-corrected chi connectivity index (χ4v) is 4.67. The van der Waals surface area contributed by atoms with Crippen LogP contribution in [0.2, 0.25) is 0 Å². The second kappa shape index (κ2) is 11.4. The van der Waals surface area contributed by atoms with Gasteiger partial charge in [-0.1, -0.05) is 36.4 Å². The van der Waals surface area contributed by atoms with Gasteiger partial charge in [-0.25, -0.2) is 0 Å². The molecule has 0 bridgehead atoms. The number of benzene rings is 3. The van der Waals surface area contributed by atoms with Crippen LogP contribution in [0.5, 0.6) is 11.5 Å². The van der Waals surface area contributed by atoms with Crippen LogP contribution in [0.3, 0.4) is 0 Å². The van der Waals surface area contributed by atoms with Gasteiger partial charge in [-0.15, -0.1) is 0 Å². The van der Waals surface area contributed by atoms with Crippen LogP contribution >= 0.6 is 34.4 Å². The maximum Gasteiger partial charge on any atom is 0.293 e. The van der Waals surface area contributed by atoms with Gasteiger partial charge in [-0.2, -0.15) is 5.26 Å². The van der Waals surface area contributed by atoms with Gasteiger partial charge in [0.15, 0.2) is 11.5 Å². The van der Waals surface area contributed by atoms with Crippen LogP contribution in [0.4, 0.5) is 4.79 Å². The number of amides is 2. The number of ether oxygens (including phenoxy) is 2. The quantitative estimate of drug-likeness (QED) is 0.222. The third-order valence-electron chi connectivity index (χ3n) is 5.21. The highest BCUT2D eigenvalue weighted by atomic mass is 127. The van der Waals surface area contributed by atoms with Crippen molar-refractivity contribution < 1.29 is 19.1 Å². The van der Waals surface area contributed by atoms with E-state index in [1.165, 1.54) is 0 Å². The van der Waals surface area contributed by atoms with Crippen molar-refractivity contribution in [2.24, 2.45) is 0 Å². The largest absolute Gasteiger partial charge is 0.490 e. The Morgan fingerprint density at radius 1 is 1.03 bits per heavy atom. The Labute approximate surface area is 221 Å². The predicted octanol–water partition coefficient (Wildman–Crippen LogP) is 6.38. The molecule has 1 saturated heterocycles. The predicted molar refractivity (Wildman–Crippen MR) is 144 cm³/mol. The molecule has 0 saturated carbocycles. The van der Waals surface area contributed by atoms with Crippen LogP contribution in [0.15, 0.2) is 71.6 Å². The maximum atomic E-state index is 13.0. The first kappa shape index (κ1) is 24.8. The Balaban J connectivity index is 1.51. The van der Waals surface area contributed by atoms with E-state index >= 15 is 0 Å². The number of nitriles is 1. The Kier molecular flexibility index (Phi) is 8.10. The molecule has 2 amide bonds. The fraction of sp³-hybridized carbons (Fsp3) is 0.148. The summed E-state index contributed by atoms with van der Waals surface area (Å²) in [5, 5.41) is 8.94. The minimum atomic E-state index is -0.385.